The molecule has 0 fully saturated rings. The quantitative estimate of drug-likeness (QED) is 0.297. The molecule has 2 aromatic rings. The van der Waals surface area contributed by atoms with Crippen LogP contribution in [0.3, 0.4) is 0 Å². The summed E-state index contributed by atoms with van der Waals surface area (Å²) >= 11 is 0. The maximum Gasteiger partial charge on any atom is 0.195 e. The van der Waals surface area contributed by atoms with Crippen molar-refractivity contribution in [2.24, 2.45) is 4.99 Å². The smallest absolute Gasteiger partial charge is 0.195 e. The van der Waals surface area contributed by atoms with E-state index in [2.05, 4.69) is 15.6 Å². The fourth-order valence-electron chi connectivity index (χ4n) is 2.53. The van der Waals surface area contributed by atoms with Crippen LogP contribution in [-0.4, -0.2) is 46.5 Å². The van der Waals surface area contributed by atoms with E-state index in [-0.39, 0.29) is 30.1 Å². The van der Waals surface area contributed by atoms with Crippen LogP contribution in [-0.2, 0) is 0 Å². The largest absolute Gasteiger partial charge is 0.497 e. The Labute approximate surface area is 189 Å². The van der Waals surface area contributed by atoms with Crippen molar-refractivity contribution in [3.63, 3.8) is 0 Å². The van der Waals surface area contributed by atoms with Crippen molar-refractivity contribution in [3.05, 3.63) is 42.5 Å². The minimum atomic E-state index is -0.0690. The first-order valence-electron chi connectivity index (χ1n) is 9.18. The van der Waals surface area contributed by atoms with Gasteiger partial charge >= 0.3 is 0 Å². The number of rotatable bonds is 9. The average molecular weight is 515 g/mol. The van der Waals surface area contributed by atoms with Crippen molar-refractivity contribution in [3.8, 4) is 23.0 Å². The molecule has 2 rings (SSSR count). The molecule has 29 heavy (non-hydrogen) atoms. The molecular weight excluding hydrogens is 485 g/mol. The van der Waals surface area contributed by atoms with Crippen molar-refractivity contribution in [2.75, 3.05) is 39.7 Å². The molecule has 0 aliphatic rings. The molecule has 0 aliphatic carbocycles. The van der Waals surface area contributed by atoms with Gasteiger partial charge in [-0.1, -0.05) is 6.07 Å². The van der Waals surface area contributed by atoms with Gasteiger partial charge in [0, 0.05) is 24.9 Å². The summed E-state index contributed by atoms with van der Waals surface area (Å²) in [6, 6.07) is 13.2. The van der Waals surface area contributed by atoms with Crippen molar-refractivity contribution < 1.29 is 18.9 Å². The first kappa shape index (κ1) is 24.7. The third-order valence-corrected chi connectivity index (χ3v) is 3.89. The van der Waals surface area contributed by atoms with E-state index in [0.29, 0.717) is 30.6 Å². The third kappa shape index (κ3) is 7.88. The first-order chi connectivity index (χ1) is 13.6. The van der Waals surface area contributed by atoms with Gasteiger partial charge in [-0.15, -0.1) is 24.0 Å². The van der Waals surface area contributed by atoms with Crippen LogP contribution in [0.4, 0.5) is 5.69 Å². The van der Waals surface area contributed by atoms with Crippen molar-refractivity contribution in [1.82, 2.24) is 5.32 Å². The Morgan fingerprint density at radius 3 is 2.45 bits per heavy atom. The van der Waals surface area contributed by atoms with Crippen molar-refractivity contribution >= 4 is 35.6 Å². The Kier molecular flexibility index (Phi) is 11.0. The van der Waals surface area contributed by atoms with E-state index in [0.717, 1.165) is 17.2 Å². The fraction of sp³-hybridized carbons (Fsp3) is 0.381. The Bertz CT molecular complexity index is 786. The van der Waals surface area contributed by atoms with Gasteiger partial charge in [-0.2, -0.15) is 0 Å². The summed E-state index contributed by atoms with van der Waals surface area (Å²) in [5.41, 5.74) is 0.846. The highest BCUT2D eigenvalue weighted by atomic mass is 127. The summed E-state index contributed by atoms with van der Waals surface area (Å²) in [4.78, 5) is 4.25. The van der Waals surface area contributed by atoms with Gasteiger partial charge in [0.25, 0.3) is 0 Å². The lowest BCUT2D eigenvalue weighted by Crippen LogP contribution is -2.37. The maximum atomic E-state index is 5.92. The molecule has 2 N–H and O–H groups in total. The van der Waals surface area contributed by atoms with E-state index in [4.69, 9.17) is 18.9 Å². The number of halogens is 1. The zero-order valence-electron chi connectivity index (χ0n) is 17.5. The Morgan fingerprint density at radius 2 is 1.79 bits per heavy atom. The summed E-state index contributed by atoms with van der Waals surface area (Å²) in [5, 5.41) is 6.50. The van der Waals surface area contributed by atoms with Gasteiger partial charge in [0.2, 0.25) is 0 Å². The topological polar surface area (TPSA) is 73.3 Å². The van der Waals surface area contributed by atoms with E-state index >= 15 is 0 Å². The van der Waals surface area contributed by atoms with Gasteiger partial charge in [0.15, 0.2) is 17.5 Å². The molecule has 8 heteroatoms. The van der Waals surface area contributed by atoms with E-state index in [1.54, 1.807) is 21.3 Å². The van der Waals surface area contributed by atoms with Crippen LogP contribution in [0.1, 0.15) is 13.8 Å². The minimum absolute atomic E-state index is 0. The van der Waals surface area contributed by atoms with Crippen molar-refractivity contribution in [1.29, 1.82) is 0 Å². The molecular formula is C21H30IN3O4. The van der Waals surface area contributed by atoms with Crippen LogP contribution in [0, 0.1) is 0 Å². The lowest BCUT2D eigenvalue weighted by molar-refractivity contribution is 0.223. The van der Waals surface area contributed by atoms with Crippen LogP contribution in [0.25, 0.3) is 0 Å². The molecule has 0 aliphatic heterocycles. The summed E-state index contributed by atoms with van der Waals surface area (Å²) in [7, 11) is 4.97. The molecule has 0 aromatic heterocycles. The van der Waals surface area contributed by atoms with Crippen molar-refractivity contribution in [2.45, 2.75) is 20.0 Å². The highest BCUT2D eigenvalue weighted by Crippen LogP contribution is 2.30. The second-order valence-electron chi connectivity index (χ2n) is 5.98. The Balaban J connectivity index is 0.00000420. The number of guanidine groups is 1. The lowest BCUT2D eigenvalue weighted by atomic mass is 10.2. The predicted octanol–water partition coefficient (Wildman–Crippen LogP) is 4.18. The number of hydrogen-bond acceptors (Lipinski definition) is 5. The molecule has 0 amide bonds. The zero-order valence-corrected chi connectivity index (χ0v) is 19.9. The molecule has 0 radical (unpaired) electrons. The zero-order chi connectivity index (χ0) is 20.4. The third-order valence-electron chi connectivity index (χ3n) is 3.89. The van der Waals surface area contributed by atoms with Gasteiger partial charge in [-0.05, 0) is 38.1 Å². The second-order valence-corrected chi connectivity index (χ2v) is 5.98. The molecule has 0 saturated heterocycles. The van der Waals surface area contributed by atoms with Crippen LogP contribution in [0.15, 0.2) is 47.5 Å². The van der Waals surface area contributed by atoms with Crippen LogP contribution in [0.2, 0.25) is 0 Å². The number of anilines is 1. The summed E-state index contributed by atoms with van der Waals surface area (Å²) in [6.45, 7) is 5.06. The molecule has 0 saturated carbocycles. The maximum absolute atomic E-state index is 5.92. The van der Waals surface area contributed by atoms with Gasteiger partial charge in [0.1, 0.15) is 17.6 Å². The van der Waals surface area contributed by atoms with E-state index in [1.807, 2.05) is 56.3 Å². The number of aliphatic imine (C=N–C) groups is 1. The number of nitrogens with zero attached hydrogens (tertiary/aromatic N) is 1. The Morgan fingerprint density at radius 1 is 1.03 bits per heavy atom. The standard InChI is InChI=1S/C21H29N3O4.HI/c1-6-27-20-12-16(10-11-19(20)26-5)24-21(22-3)23-14-15(2)28-18-9-7-8-17(13-18)25-4;/h7-13,15H,6,14H2,1-5H3,(H2,22,23,24);1H. The molecule has 2 aromatic carbocycles. The van der Waals surface area contributed by atoms with Crippen LogP contribution >= 0.6 is 24.0 Å². The first-order valence-corrected chi connectivity index (χ1v) is 9.18. The Hall–Kier alpha value is -2.36. The summed E-state index contributed by atoms with van der Waals surface area (Å²) in [6.07, 6.45) is -0.0690. The summed E-state index contributed by atoms with van der Waals surface area (Å²) in [5.74, 6) is 3.53. The number of hydrogen-bond donors (Lipinski definition) is 2. The van der Waals surface area contributed by atoms with E-state index < -0.39 is 0 Å². The molecule has 0 heterocycles. The fourth-order valence-corrected chi connectivity index (χ4v) is 2.53. The van der Waals surface area contributed by atoms with Gasteiger partial charge < -0.3 is 29.6 Å². The number of ether oxygens (including phenoxy) is 4. The van der Waals surface area contributed by atoms with E-state index in [1.165, 1.54) is 0 Å². The van der Waals surface area contributed by atoms with Crippen LogP contribution in [0.5, 0.6) is 23.0 Å². The second kappa shape index (κ2) is 13.0. The number of methoxy groups -OCH3 is 2. The molecule has 1 atom stereocenters. The molecule has 160 valence electrons. The van der Waals surface area contributed by atoms with E-state index in [9.17, 15) is 0 Å². The normalized spacial score (nSPS) is 11.7. The average Bonchev–Trinajstić information content (AvgIpc) is 2.71. The molecule has 7 nitrogen and oxygen atoms in total. The van der Waals surface area contributed by atoms with Gasteiger partial charge in [-0.3, -0.25) is 4.99 Å². The predicted molar refractivity (Wildman–Crippen MR) is 128 cm³/mol. The minimum Gasteiger partial charge on any atom is -0.497 e. The summed E-state index contributed by atoms with van der Waals surface area (Å²) < 4.78 is 22.1. The lowest BCUT2D eigenvalue weighted by Gasteiger charge is -2.18. The van der Waals surface area contributed by atoms with Crippen LogP contribution < -0.4 is 29.6 Å². The van der Waals surface area contributed by atoms with Gasteiger partial charge in [-0.25, -0.2) is 0 Å². The highest BCUT2D eigenvalue weighted by molar-refractivity contribution is 14.0. The molecule has 0 bridgehead atoms. The monoisotopic (exact) mass is 515 g/mol. The SMILES string of the molecule is CCOc1cc(NC(=NC)NCC(C)Oc2cccc(OC)c2)ccc1OC.I. The highest BCUT2D eigenvalue weighted by Gasteiger charge is 2.09. The molecule has 1 unspecified atom stereocenters. The van der Waals surface area contributed by atoms with Gasteiger partial charge in [0.05, 0.1) is 27.4 Å². The molecule has 0 spiro atoms. The number of benzene rings is 2. The number of nitrogens with one attached hydrogen (secondary N) is 2.